The van der Waals surface area contributed by atoms with Crippen molar-refractivity contribution in [2.75, 3.05) is 18.5 Å². The van der Waals surface area contributed by atoms with Crippen LogP contribution in [0.5, 0.6) is 0 Å². The molecule has 0 amide bonds. The van der Waals surface area contributed by atoms with Crippen LogP contribution in [0.1, 0.15) is 26.3 Å². The van der Waals surface area contributed by atoms with E-state index in [9.17, 15) is 8.78 Å². The first-order valence-corrected chi connectivity index (χ1v) is 6.11. The molecule has 0 saturated heterocycles. The standard InChI is InChI=1S/C14H22F2N2/c1-14(2,3)17-9-11-5-7-12(8-6-11)18(4)10-13(15)16/h5-8,13,17H,9-10H2,1-4H3. The highest BCUT2D eigenvalue weighted by Gasteiger charge is 2.10. The number of alkyl halides is 2. The molecule has 1 aromatic carbocycles. The van der Waals surface area contributed by atoms with Gasteiger partial charge in [0.25, 0.3) is 6.43 Å². The summed E-state index contributed by atoms with van der Waals surface area (Å²) in [6, 6.07) is 7.69. The number of rotatable bonds is 5. The average Bonchev–Trinajstić information content (AvgIpc) is 2.25. The summed E-state index contributed by atoms with van der Waals surface area (Å²) < 4.78 is 24.5. The normalized spacial score (nSPS) is 11.9. The average molecular weight is 256 g/mol. The van der Waals surface area contributed by atoms with Gasteiger partial charge in [0.15, 0.2) is 0 Å². The summed E-state index contributed by atoms with van der Waals surface area (Å²) >= 11 is 0. The number of nitrogens with one attached hydrogen (secondary N) is 1. The number of anilines is 1. The molecule has 0 unspecified atom stereocenters. The number of nitrogens with zero attached hydrogens (tertiary/aromatic N) is 1. The first kappa shape index (κ1) is 14.9. The van der Waals surface area contributed by atoms with E-state index in [2.05, 4.69) is 26.1 Å². The van der Waals surface area contributed by atoms with Crippen LogP contribution in [-0.2, 0) is 6.54 Å². The number of benzene rings is 1. The molecule has 1 N–H and O–H groups in total. The highest BCUT2D eigenvalue weighted by atomic mass is 19.3. The van der Waals surface area contributed by atoms with Gasteiger partial charge in [-0.2, -0.15) is 0 Å². The molecule has 0 fully saturated rings. The zero-order valence-electron chi connectivity index (χ0n) is 11.5. The van der Waals surface area contributed by atoms with Gasteiger partial charge in [0, 0.05) is 24.8 Å². The van der Waals surface area contributed by atoms with E-state index in [1.807, 2.05) is 24.3 Å². The molecule has 0 aliphatic carbocycles. The quantitative estimate of drug-likeness (QED) is 0.869. The summed E-state index contributed by atoms with van der Waals surface area (Å²) in [5.41, 5.74) is 2.04. The summed E-state index contributed by atoms with van der Waals surface area (Å²) in [7, 11) is 1.68. The minimum Gasteiger partial charge on any atom is -0.369 e. The van der Waals surface area contributed by atoms with Gasteiger partial charge < -0.3 is 10.2 Å². The van der Waals surface area contributed by atoms with Gasteiger partial charge in [0.05, 0.1) is 6.54 Å². The van der Waals surface area contributed by atoms with Crippen molar-refractivity contribution in [2.24, 2.45) is 0 Å². The molecule has 1 rings (SSSR count). The molecular weight excluding hydrogens is 234 g/mol. The molecule has 1 aromatic rings. The highest BCUT2D eigenvalue weighted by Crippen LogP contribution is 2.15. The highest BCUT2D eigenvalue weighted by molar-refractivity contribution is 5.46. The lowest BCUT2D eigenvalue weighted by Gasteiger charge is -2.21. The van der Waals surface area contributed by atoms with E-state index in [1.165, 1.54) is 0 Å². The molecule has 0 aliphatic heterocycles. The number of hydrogen-bond acceptors (Lipinski definition) is 2. The predicted octanol–water partition coefficient (Wildman–Crippen LogP) is 3.28. The molecule has 0 aliphatic rings. The van der Waals surface area contributed by atoms with Crippen LogP contribution in [0.3, 0.4) is 0 Å². The maximum Gasteiger partial charge on any atom is 0.255 e. The van der Waals surface area contributed by atoms with Crippen LogP contribution in [0.4, 0.5) is 14.5 Å². The molecule has 0 spiro atoms. The molecule has 4 heteroatoms. The molecule has 0 aromatic heterocycles. The van der Waals surface area contributed by atoms with Crippen molar-refractivity contribution in [1.82, 2.24) is 5.32 Å². The first-order valence-electron chi connectivity index (χ1n) is 6.11. The number of hydrogen-bond donors (Lipinski definition) is 1. The fraction of sp³-hybridized carbons (Fsp3) is 0.571. The van der Waals surface area contributed by atoms with Gasteiger partial charge in [0.2, 0.25) is 0 Å². The van der Waals surface area contributed by atoms with Crippen LogP contribution in [0, 0.1) is 0 Å². The Balaban J connectivity index is 2.57. The van der Waals surface area contributed by atoms with Gasteiger partial charge in [-0.05, 0) is 38.5 Å². The Hall–Kier alpha value is -1.16. The zero-order valence-corrected chi connectivity index (χ0v) is 11.5. The first-order chi connectivity index (χ1) is 8.28. The minimum atomic E-state index is -2.31. The third kappa shape index (κ3) is 5.45. The molecule has 0 radical (unpaired) electrons. The third-order valence-electron chi connectivity index (χ3n) is 2.61. The van der Waals surface area contributed by atoms with Crippen molar-refractivity contribution in [3.05, 3.63) is 29.8 Å². The molecule has 0 heterocycles. The van der Waals surface area contributed by atoms with Gasteiger partial charge in [-0.3, -0.25) is 0 Å². The zero-order chi connectivity index (χ0) is 13.8. The Kier molecular flexibility index (Phi) is 5.08. The van der Waals surface area contributed by atoms with Gasteiger partial charge in [-0.25, -0.2) is 8.78 Å². The molecular formula is C14H22F2N2. The Morgan fingerprint density at radius 2 is 1.72 bits per heavy atom. The maximum absolute atomic E-state index is 12.3. The summed E-state index contributed by atoms with van der Waals surface area (Å²) in [6.07, 6.45) is -2.31. The van der Waals surface area contributed by atoms with Gasteiger partial charge >= 0.3 is 0 Å². The Bertz CT molecular complexity index is 355. The van der Waals surface area contributed by atoms with E-state index in [-0.39, 0.29) is 12.1 Å². The predicted molar refractivity (Wildman–Crippen MR) is 72.3 cm³/mol. The van der Waals surface area contributed by atoms with Crippen molar-refractivity contribution < 1.29 is 8.78 Å². The van der Waals surface area contributed by atoms with Crippen LogP contribution in [0.2, 0.25) is 0 Å². The van der Waals surface area contributed by atoms with Crippen molar-refractivity contribution in [3.63, 3.8) is 0 Å². The van der Waals surface area contributed by atoms with E-state index < -0.39 is 6.43 Å². The fourth-order valence-corrected chi connectivity index (χ4v) is 1.55. The van der Waals surface area contributed by atoms with E-state index >= 15 is 0 Å². The summed E-state index contributed by atoms with van der Waals surface area (Å²) in [5, 5.41) is 3.39. The van der Waals surface area contributed by atoms with Crippen molar-refractivity contribution in [3.8, 4) is 0 Å². The lowest BCUT2D eigenvalue weighted by molar-refractivity contribution is 0.156. The fourth-order valence-electron chi connectivity index (χ4n) is 1.55. The van der Waals surface area contributed by atoms with Crippen molar-refractivity contribution in [1.29, 1.82) is 0 Å². The van der Waals surface area contributed by atoms with Gasteiger partial charge in [0.1, 0.15) is 0 Å². The molecule has 0 atom stereocenters. The lowest BCUT2D eigenvalue weighted by Crippen LogP contribution is -2.35. The van der Waals surface area contributed by atoms with Gasteiger partial charge in [-0.15, -0.1) is 0 Å². The second-order valence-corrected chi connectivity index (χ2v) is 5.54. The van der Waals surface area contributed by atoms with Crippen LogP contribution >= 0.6 is 0 Å². The van der Waals surface area contributed by atoms with Crippen molar-refractivity contribution >= 4 is 5.69 Å². The van der Waals surface area contributed by atoms with Crippen LogP contribution in [-0.4, -0.2) is 25.6 Å². The molecule has 102 valence electrons. The van der Waals surface area contributed by atoms with Crippen molar-refractivity contribution in [2.45, 2.75) is 39.3 Å². The Morgan fingerprint density at radius 3 is 2.17 bits per heavy atom. The monoisotopic (exact) mass is 256 g/mol. The second kappa shape index (κ2) is 6.14. The third-order valence-corrected chi connectivity index (χ3v) is 2.61. The Morgan fingerprint density at radius 1 is 1.17 bits per heavy atom. The second-order valence-electron chi connectivity index (χ2n) is 5.54. The van der Waals surface area contributed by atoms with Crippen LogP contribution in [0.15, 0.2) is 24.3 Å². The van der Waals surface area contributed by atoms with E-state index in [0.717, 1.165) is 17.8 Å². The summed E-state index contributed by atoms with van der Waals surface area (Å²) in [6.45, 7) is 6.87. The van der Waals surface area contributed by atoms with Crippen LogP contribution < -0.4 is 10.2 Å². The van der Waals surface area contributed by atoms with E-state index in [0.29, 0.717) is 0 Å². The molecule has 2 nitrogen and oxygen atoms in total. The maximum atomic E-state index is 12.3. The lowest BCUT2D eigenvalue weighted by atomic mass is 10.1. The number of halogens is 2. The van der Waals surface area contributed by atoms with Crippen LogP contribution in [0.25, 0.3) is 0 Å². The SMILES string of the molecule is CN(CC(F)F)c1ccc(CNC(C)(C)C)cc1. The topological polar surface area (TPSA) is 15.3 Å². The summed E-state index contributed by atoms with van der Waals surface area (Å²) in [4.78, 5) is 1.56. The van der Waals surface area contributed by atoms with E-state index in [4.69, 9.17) is 0 Å². The largest absolute Gasteiger partial charge is 0.369 e. The van der Waals surface area contributed by atoms with Gasteiger partial charge in [-0.1, -0.05) is 12.1 Å². The molecule has 0 bridgehead atoms. The minimum absolute atomic E-state index is 0.0745. The summed E-state index contributed by atoms with van der Waals surface area (Å²) in [5.74, 6) is 0. The van der Waals surface area contributed by atoms with E-state index in [1.54, 1.807) is 11.9 Å². The molecule has 0 saturated carbocycles. The smallest absolute Gasteiger partial charge is 0.255 e. The molecule has 18 heavy (non-hydrogen) atoms. The Labute approximate surface area is 108 Å².